The van der Waals surface area contributed by atoms with Crippen LogP contribution in [0.3, 0.4) is 0 Å². The lowest BCUT2D eigenvalue weighted by Crippen LogP contribution is -2.31. The number of alkyl halides is 3. The van der Waals surface area contributed by atoms with E-state index in [1.54, 1.807) is 6.92 Å². The van der Waals surface area contributed by atoms with Crippen LogP contribution in [-0.2, 0) is 15.7 Å². The highest BCUT2D eigenvalue weighted by Gasteiger charge is 2.34. The molecule has 1 heterocycles. The Labute approximate surface area is 130 Å². The molecule has 1 aliphatic heterocycles. The number of hydrogen-bond acceptors (Lipinski definition) is 5. The van der Waals surface area contributed by atoms with Gasteiger partial charge in [0.15, 0.2) is 0 Å². The first-order valence-corrected chi connectivity index (χ1v) is 6.79. The van der Waals surface area contributed by atoms with Crippen LogP contribution in [0.15, 0.2) is 23.3 Å². The molecule has 23 heavy (non-hydrogen) atoms. The second-order valence-corrected chi connectivity index (χ2v) is 4.93. The molecule has 0 aromatic heterocycles. The van der Waals surface area contributed by atoms with Crippen molar-refractivity contribution in [1.29, 1.82) is 0 Å². The largest absolute Gasteiger partial charge is 0.442 e. The topological polar surface area (TPSA) is 72.0 Å². The van der Waals surface area contributed by atoms with Crippen molar-refractivity contribution in [2.45, 2.75) is 19.2 Å². The van der Waals surface area contributed by atoms with Crippen LogP contribution in [0.2, 0.25) is 0 Å². The third kappa shape index (κ3) is 4.35. The predicted molar refractivity (Wildman–Crippen MR) is 77.4 cm³/mol. The van der Waals surface area contributed by atoms with E-state index in [-0.39, 0.29) is 36.2 Å². The average molecular weight is 331 g/mol. The van der Waals surface area contributed by atoms with Crippen LogP contribution in [0.4, 0.5) is 23.7 Å². The summed E-state index contributed by atoms with van der Waals surface area (Å²) in [6.07, 6.45) is -5.51. The fourth-order valence-electron chi connectivity index (χ4n) is 1.91. The van der Waals surface area contributed by atoms with Crippen LogP contribution in [0.25, 0.3) is 0 Å². The van der Waals surface area contributed by atoms with E-state index in [0.717, 1.165) is 6.07 Å². The summed E-state index contributed by atoms with van der Waals surface area (Å²) in [4.78, 5) is 10.9. The number of carbonyl (C=O) groups is 1. The Morgan fingerprint density at radius 2 is 2.22 bits per heavy atom. The van der Waals surface area contributed by atoms with Gasteiger partial charge in [0.25, 0.3) is 0 Å². The van der Waals surface area contributed by atoms with Crippen LogP contribution < -0.4 is 10.7 Å². The van der Waals surface area contributed by atoms with Crippen LogP contribution in [0.5, 0.6) is 0 Å². The minimum absolute atomic E-state index is 0.0495. The predicted octanol–water partition coefficient (Wildman–Crippen LogP) is 2.60. The molecule has 0 radical (unpaired) electrons. The number of carbonyl (C=O) groups excluding carboxylic acids is 1. The number of cyclic esters (lactones) is 1. The van der Waals surface area contributed by atoms with Crippen LogP contribution in [0, 0.1) is 0 Å². The average Bonchev–Trinajstić information content (AvgIpc) is 2.52. The molecule has 0 bridgehead atoms. The molecule has 9 heteroatoms. The van der Waals surface area contributed by atoms with Gasteiger partial charge in [0.2, 0.25) is 0 Å². The van der Waals surface area contributed by atoms with Crippen molar-refractivity contribution in [3.8, 4) is 0 Å². The molecule has 0 spiro atoms. The first-order valence-electron chi connectivity index (χ1n) is 6.79. The first kappa shape index (κ1) is 17.1. The molecule has 1 atom stereocenters. The van der Waals surface area contributed by atoms with Crippen molar-refractivity contribution in [2.75, 3.05) is 25.6 Å². The maximum atomic E-state index is 13.3. The highest BCUT2D eigenvalue weighted by molar-refractivity contribution is 6.04. The molecular formula is C14H16F3N3O3. The smallest absolute Gasteiger partial charge is 0.428 e. The van der Waals surface area contributed by atoms with Gasteiger partial charge in [0, 0.05) is 24.9 Å². The molecule has 0 saturated heterocycles. The summed E-state index contributed by atoms with van der Waals surface area (Å²) in [6, 6.07) is 3.77. The molecule has 1 amide bonds. The van der Waals surface area contributed by atoms with E-state index in [1.807, 2.05) is 0 Å². The Morgan fingerprint density at radius 3 is 2.78 bits per heavy atom. The zero-order valence-corrected chi connectivity index (χ0v) is 12.5. The molecule has 126 valence electrons. The number of hydrogen-bond donors (Lipinski definition) is 2. The van der Waals surface area contributed by atoms with Gasteiger partial charge in [-0.25, -0.2) is 10.2 Å². The van der Waals surface area contributed by atoms with Crippen molar-refractivity contribution < 1.29 is 27.4 Å². The molecule has 1 aliphatic rings. The minimum Gasteiger partial charge on any atom is -0.442 e. The molecule has 0 saturated carbocycles. The molecule has 0 aliphatic carbocycles. The molecule has 1 unspecified atom stereocenters. The fraction of sp³-hybridized carbons (Fsp3) is 0.429. The Kier molecular flexibility index (Phi) is 5.09. The number of amides is 1. The molecule has 1 aromatic rings. The first-order chi connectivity index (χ1) is 10.8. The van der Waals surface area contributed by atoms with E-state index in [2.05, 4.69) is 15.8 Å². The summed E-state index contributed by atoms with van der Waals surface area (Å²) in [7, 11) is 1.48. The van der Waals surface area contributed by atoms with Crippen molar-refractivity contribution in [3.05, 3.63) is 29.3 Å². The summed E-state index contributed by atoms with van der Waals surface area (Å²) >= 11 is 0. The lowest BCUT2D eigenvalue weighted by molar-refractivity contribution is -0.137. The number of methoxy groups -OCH3 is 1. The SMILES string of the molecule is COC(C)CNc1ccc(C2=NNC(=O)OC2)cc1C(F)(F)F. The molecule has 2 N–H and O–H groups in total. The quantitative estimate of drug-likeness (QED) is 0.870. The summed E-state index contributed by atoms with van der Waals surface area (Å²) in [5.74, 6) is 0. The lowest BCUT2D eigenvalue weighted by Gasteiger charge is -2.19. The molecule has 2 rings (SSSR count). The van der Waals surface area contributed by atoms with Crippen molar-refractivity contribution >= 4 is 17.5 Å². The third-order valence-electron chi connectivity index (χ3n) is 3.26. The standard InChI is InChI=1S/C14H16F3N3O3/c1-8(22-2)6-18-11-4-3-9(5-10(11)14(15,16)17)12-7-23-13(21)20-19-12/h3-5,8,18H,6-7H2,1-2H3,(H,20,21). The van der Waals surface area contributed by atoms with E-state index in [4.69, 9.17) is 9.47 Å². The summed E-state index contributed by atoms with van der Waals surface area (Å²) in [6.45, 7) is 1.79. The maximum Gasteiger partial charge on any atom is 0.428 e. The number of rotatable bonds is 5. The van der Waals surface area contributed by atoms with Gasteiger partial charge in [0.1, 0.15) is 12.3 Å². The zero-order valence-electron chi connectivity index (χ0n) is 12.5. The normalized spacial score (nSPS) is 16.2. The van der Waals surface area contributed by atoms with E-state index in [9.17, 15) is 18.0 Å². The highest BCUT2D eigenvalue weighted by Crippen LogP contribution is 2.35. The maximum absolute atomic E-state index is 13.3. The van der Waals surface area contributed by atoms with Gasteiger partial charge < -0.3 is 14.8 Å². The molecular weight excluding hydrogens is 315 g/mol. The van der Waals surface area contributed by atoms with Gasteiger partial charge in [-0.2, -0.15) is 18.3 Å². The van der Waals surface area contributed by atoms with Crippen molar-refractivity contribution in [1.82, 2.24) is 5.43 Å². The van der Waals surface area contributed by atoms with E-state index < -0.39 is 17.8 Å². The van der Waals surface area contributed by atoms with E-state index >= 15 is 0 Å². The lowest BCUT2D eigenvalue weighted by atomic mass is 10.0. The Balaban J connectivity index is 2.29. The van der Waals surface area contributed by atoms with E-state index in [1.165, 1.54) is 19.2 Å². The van der Waals surface area contributed by atoms with Crippen LogP contribution in [-0.4, -0.2) is 38.2 Å². The van der Waals surface area contributed by atoms with Gasteiger partial charge in [-0.3, -0.25) is 0 Å². The summed E-state index contributed by atoms with van der Waals surface area (Å²) in [5.41, 5.74) is 1.63. The molecule has 6 nitrogen and oxygen atoms in total. The van der Waals surface area contributed by atoms with Crippen molar-refractivity contribution in [3.63, 3.8) is 0 Å². The van der Waals surface area contributed by atoms with Gasteiger partial charge in [-0.05, 0) is 19.1 Å². The Morgan fingerprint density at radius 1 is 1.48 bits per heavy atom. The Hall–Kier alpha value is -2.29. The van der Waals surface area contributed by atoms with Crippen LogP contribution in [0.1, 0.15) is 18.1 Å². The second kappa shape index (κ2) is 6.86. The van der Waals surface area contributed by atoms with Gasteiger partial charge in [-0.15, -0.1) is 0 Å². The number of benzene rings is 1. The van der Waals surface area contributed by atoms with Crippen LogP contribution >= 0.6 is 0 Å². The summed E-state index contributed by atoms with van der Waals surface area (Å²) < 4.78 is 49.5. The number of hydrazone groups is 1. The number of anilines is 1. The second-order valence-electron chi connectivity index (χ2n) is 4.93. The zero-order chi connectivity index (χ0) is 17.0. The monoisotopic (exact) mass is 331 g/mol. The minimum atomic E-state index is -4.53. The number of nitrogens with one attached hydrogen (secondary N) is 2. The third-order valence-corrected chi connectivity index (χ3v) is 3.26. The highest BCUT2D eigenvalue weighted by atomic mass is 19.4. The van der Waals surface area contributed by atoms with Gasteiger partial charge in [-0.1, -0.05) is 6.07 Å². The van der Waals surface area contributed by atoms with Gasteiger partial charge >= 0.3 is 12.3 Å². The summed E-state index contributed by atoms with van der Waals surface area (Å²) in [5, 5.41) is 6.43. The van der Waals surface area contributed by atoms with E-state index in [0.29, 0.717) is 0 Å². The number of halogens is 3. The number of nitrogens with zero attached hydrogens (tertiary/aromatic N) is 1. The number of ether oxygens (including phenoxy) is 2. The van der Waals surface area contributed by atoms with Crippen molar-refractivity contribution in [2.24, 2.45) is 5.10 Å². The fourth-order valence-corrected chi connectivity index (χ4v) is 1.91. The molecule has 1 aromatic carbocycles. The Bertz CT molecular complexity index is 617. The molecule has 0 fully saturated rings. The van der Waals surface area contributed by atoms with Gasteiger partial charge in [0.05, 0.1) is 11.7 Å².